The Hall–Kier alpha value is -3.89. The average Bonchev–Trinajstić information content (AvgIpc) is 3.84. The second-order valence-electron chi connectivity index (χ2n) is 19.4. The number of carboxylic acid groups (broad SMARTS) is 1. The maximum atomic E-state index is 15.7. The van der Waals surface area contributed by atoms with E-state index in [0.717, 1.165) is 24.2 Å². The molecule has 2 heterocycles. The van der Waals surface area contributed by atoms with Gasteiger partial charge in [-0.2, -0.15) is 0 Å². The fraction of sp³-hybridized carbons (Fsp3) is 0.578. The van der Waals surface area contributed by atoms with Crippen LogP contribution >= 0.6 is 0 Å². The number of hydrogen-bond donors (Lipinski definition) is 2. The number of carbonyl (C=O) groups is 3. The van der Waals surface area contributed by atoms with Crippen LogP contribution in [0.5, 0.6) is 11.5 Å². The van der Waals surface area contributed by atoms with E-state index in [-0.39, 0.29) is 42.2 Å². The number of ether oxygens (including phenoxy) is 2. The highest BCUT2D eigenvalue weighted by molar-refractivity contribution is 5.90. The molecule has 2 bridgehead atoms. The molecule has 3 aromatic carbocycles. The van der Waals surface area contributed by atoms with Gasteiger partial charge in [-0.25, -0.2) is 8.78 Å². The van der Waals surface area contributed by atoms with Crippen molar-refractivity contribution in [3.05, 3.63) is 70.3 Å². The summed E-state index contributed by atoms with van der Waals surface area (Å²) in [5, 5.41) is 22.6. The summed E-state index contributed by atoms with van der Waals surface area (Å²) in [5.74, 6) is -2.28. The van der Waals surface area contributed by atoms with E-state index in [4.69, 9.17) is 9.47 Å². The highest BCUT2D eigenvalue weighted by Gasteiger charge is 2.73. The molecule has 1 saturated heterocycles. The number of hydrogen-bond acceptors (Lipinski definition) is 7. The van der Waals surface area contributed by atoms with Gasteiger partial charge >= 0.3 is 11.9 Å². The minimum atomic E-state index is -1.12. The Balaban J connectivity index is 1.05. The summed E-state index contributed by atoms with van der Waals surface area (Å²) in [5.41, 5.74) is -1.54. The molecule has 294 valence electrons. The number of halogens is 2. The Morgan fingerprint density at radius 1 is 1.00 bits per heavy atom. The predicted molar refractivity (Wildman–Crippen MR) is 203 cm³/mol. The molecule has 1 unspecified atom stereocenters. The van der Waals surface area contributed by atoms with Crippen molar-refractivity contribution in [1.29, 1.82) is 0 Å². The Bertz CT molecular complexity index is 2140. The second kappa shape index (κ2) is 12.6. The largest absolute Gasteiger partial charge is 0.481 e. The highest BCUT2D eigenvalue weighted by Crippen LogP contribution is 2.65. The molecule has 8 nitrogen and oxygen atoms in total. The van der Waals surface area contributed by atoms with Crippen LogP contribution in [0.25, 0.3) is 10.8 Å². The zero-order chi connectivity index (χ0) is 39.6. The van der Waals surface area contributed by atoms with Crippen LogP contribution in [0.2, 0.25) is 0 Å². The number of carboxylic acids is 1. The van der Waals surface area contributed by atoms with Crippen molar-refractivity contribution in [1.82, 2.24) is 4.90 Å². The lowest BCUT2D eigenvalue weighted by Crippen LogP contribution is -2.76. The van der Waals surface area contributed by atoms with Gasteiger partial charge in [-0.3, -0.25) is 19.3 Å². The van der Waals surface area contributed by atoms with Crippen LogP contribution in [0.1, 0.15) is 116 Å². The lowest BCUT2D eigenvalue weighted by atomic mass is 9.49. The van der Waals surface area contributed by atoms with Crippen LogP contribution in [-0.4, -0.2) is 63.7 Å². The van der Waals surface area contributed by atoms with Crippen LogP contribution in [0, 0.1) is 28.9 Å². The van der Waals surface area contributed by atoms with Crippen molar-refractivity contribution in [3.63, 3.8) is 0 Å². The van der Waals surface area contributed by atoms with Gasteiger partial charge in [-0.15, -0.1) is 0 Å². The van der Waals surface area contributed by atoms with Crippen LogP contribution in [0.3, 0.4) is 0 Å². The summed E-state index contributed by atoms with van der Waals surface area (Å²) >= 11 is 0. The van der Waals surface area contributed by atoms with Gasteiger partial charge in [0.15, 0.2) is 23.4 Å². The van der Waals surface area contributed by atoms with Gasteiger partial charge in [0.2, 0.25) is 0 Å². The van der Waals surface area contributed by atoms with Gasteiger partial charge in [0, 0.05) is 24.6 Å². The molecule has 3 aromatic rings. The molecular weight excluding hydrogens is 704 g/mol. The SMILES string of the molecule is CC(CC(C)(C)c1cc(F)c2c(F)cc(C(C)(C)CC(C)(C)C(=O)O)cc2c1)C(=O)Oc1ccc2c3c1O[C@H]1C(=O)CC[C@@]4(O)[C@@H](C2)N(CC2CC2)CC[C@]314. The summed E-state index contributed by atoms with van der Waals surface area (Å²) in [6, 6.07) is 9.71. The number of aliphatic hydroxyl groups is 1. The molecular formula is C45H53F2NO7. The number of ketones is 1. The van der Waals surface area contributed by atoms with Gasteiger partial charge in [0.05, 0.1) is 27.7 Å². The fourth-order valence-corrected chi connectivity index (χ4v) is 11.0. The molecule has 5 atom stereocenters. The number of rotatable bonds is 11. The number of Topliss-reactive ketones (excluding diaryl/α,β-unsaturated/α-hetero) is 1. The first kappa shape index (κ1) is 38.0. The summed E-state index contributed by atoms with van der Waals surface area (Å²) < 4.78 is 43.8. The maximum Gasteiger partial charge on any atom is 0.314 e. The van der Waals surface area contributed by atoms with E-state index in [2.05, 4.69) is 4.90 Å². The molecule has 0 aromatic heterocycles. The van der Waals surface area contributed by atoms with E-state index in [9.17, 15) is 24.6 Å². The topological polar surface area (TPSA) is 113 Å². The van der Waals surface area contributed by atoms with E-state index >= 15 is 8.78 Å². The number of aliphatic carboxylic acids is 1. The van der Waals surface area contributed by atoms with Gasteiger partial charge in [0.25, 0.3) is 0 Å². The van der Waals surface area contributed by atoms with E-state index in [1.807, 2.05) is 33.8 Å². The summed E-state index contributed by atoms with van der Waals surface area (Å²) in [6.45, 7) is 14.3. The van der Waals surface area contributed by atoms with Crippen molar-refractivity contribution in [2.24, 2.45) is 17.3 Å². The van der Waals surface area contributed by atoms with Crippen LogP contribution < -0.4 is 9.47 Å². The second-order valence-corrected chi connectivity index (χ2v) is 19.4. The monoisotopic (exact) mass is 757 g/mol. The number of likely N-dealkylation sites (tertiary alicyclic amines) is 1. The first-order valence-corrected chi connectivity index (χ1v) is 19.9. The van der Waals surface area contributed by atoms with Crippen molar-refractivity contribution in [2.75, 3.05) is 13.1 Å². The average molecular weight is 758 g/mol. The Morgan fingerprint density at radius 3 is 2.29 bits per heavy atom. The zero-order valence-corrected chi connectivity index (χ0v) is 33.0. The minimum Gasteiger partial charge on any atom is -0.481 e. The van der Waals surface area contributed by atoms with Gasteiger partial charge < -0.3 is 19.7 Å². The molecule has 3 fully saturated rings. The zero-order valence-electron chi connectivity index (χ0n) is 33.0. The third-order valence-electron chi connectivity index (χ3n) is 14.0. The molecule has 8 rings (SSSR count). The third kappa shape index (κ3) is 5.91. The normalized spacial score (nSPS) is 26.8. The lowest BCUT2D eigenvalue weighted by molar-refractivity contribution is -0.188. The Morgan fingerprint density at radius 2 is 1.65 bits per heavy atom. The molecule has 2 saturated carbocycles. The number of nitrogens with zero attached hydrogens (tertiary/aromatic N) is 1. The summed E-state index contributed by atoms with van der Waals surface area (Å²) in [6.07, 6.45) is 3.99. The van der Waals surface area contributed by atoms with Crippen molar-refractivity contribution < 1.29 is 42.9 Å². The first-order valence-electron chi connectivity index (χ1n) is 19.9. The van der Waals surface area contributed by atoms with E-state index in [0.29, 0.717) is 47.4 Å². The van der Waals surface area contributed by atoms with E-state index in [1.165, 1.54) is 25.0 Å². The molecule has 3 aliphatic carbocycles. The third-order valence-corrected chi connectivity index (χ3v) is 14.0. The lowest BCUT2D eigenvalue weighted by Gasteiger charge is -2.62. The van der Waals surface area contributed by atoms with Crippen LogP contribution in [0.4, 0.5) is 8.78 Å². The van der Waals surface area contributed by atoms with E-state index in [1.54, 1.807) is 39.0 Å². The summed E-state index contributed by atoms with van der Waals surface area (Å²) in [7, 11) is 0. The Labute approximate surface area is 321 Å². The van der Waals surface area contributed by atoms with Gasteiger partial charge in [-0.1, -0.05) is 52.8 Å². The molecule has 1 spiro atoms. The molecule has 2 aliphatic heterocycles. The molecule has 0 radical (unpaired) electrons. The Kier molecular flexibility index (Phi) is 8.68. The van der Waals surface area contributed by atoms with Gasteiger partial charge in [0.1, 0.15) is 11.6 Å². The quantitative estimate of drug-likeness (QED) is 0.150. The van der Waals surface area contributed by atoms with Crippen molar-refractivity contribution in [2.45, 2.75) is 134 Å². The fourth-order valence-electron chi connectivity index (χ4n) is 11.0. The number of benzene rings is 3. The highest BCUT2D eigenvalue weighted by atomic mass is 19.1. The van der Waals surface area contributed by atoms with Crippen LogP contribution in [-0.2, 0) is 37.0 Å². The standard InChI is InChI=1S/C45H53F2NO7/c1-24(21-41(2,3)28-16-27-17-29(20-31(47)35(27)30(46)19-28)42(4,5)23-43(6,7)40(51)52)39(50)54-33-11-10-26-18-34-45(53)13-12-32(49)38-44(45,36(26)37(33)55-38)14-15-48(34)22-25-8-9-25/h10-11,16-17,19-20,24-25,34,38,53H,8-9,12-15,18,21-23H2,1-7H3,(H,51,52)/t24?,34-,38+,44+,45-/m1/s1. The van der Waals surface area contributed by atoms with Crippen molar-refractivity contribution >= 4 is 28.5 Å². The smallest absolute Gasteiger partial charge is 0.314 e. The summed E-state index contributed by atoms with van der Waals surface area (Å²) in [4.78, 5) is 41.7. The number of carbonyl (C=O) groups excluding carboxylic acids is 2. The molecule has 10 heteroatoms. The molecule has 5 aliphatic rings. The molecule has 2 N–H and O–H groups in total. The molecule has 55 heavy (non-hydrogen) atoms. The first-order chi connectivity index (χ1) is 25.7. The van der Waals surface area contributed by atoms with Gasteiger partial charge in [-0.05, 0) is 122 Å². The molecule has 0 amide bonds. The van der Waals surface area contributed by atoms with Crippen molar-refractivity contribution in [3.8, 4) is 11.5 Å². The van der Waals surface area contributed by atoms with E-state index < -0.39 is 62.9 Å². The van der Waals surface area contributed by atoms with Crippen LogP contribution in [0.15, 0.2) is 36.4 Å². The minimum absolute atomic E-state index is 0.0298. The number of piperidine rings is 1. The maximum absolute atomic E-state index is 15.7. The number of fused-ring (bicyclic) bond motifs is 1. The number of esters is 1. The predicted octanol–water partition coefficient (Wildman–Crippen LogP) is 7.94.